The van der Waals surface area contributed by atoms with Crippen LogP contribution in [-0.2, 0) is 6.42 Å². The number of nitrogens with zero attached hydrogens (tertiary/aromatic N) is 3. The van der Waals surface area contributed by atoms with Crippen LogP contribution in [0, 0.1) is 0 Å². The van der Waals surface area contributed by atoms with Crippen molar-refractivity contribution in [3.8, 4) is 0 Å². The van der Waals surface area contributed by atoms with Gasteiger partial charge in [0.15, 0.2) is 0 Å². The molecule has 4 bridgehead atoms. The summed E-state index contributed by atoms with van der Waals surface area (Å²) in [5.74, 6) is 0.959. The second-order valence-electron chi connectivity index (χ2n) is 10.5. The van der Waals surface area contributed by atoms with E-state index in [4.69, 9.17) is 0 Å². The van der Waals surface area contributed by atoms with Crippen LogP contribution < -0.4 is 10.2 Å². The van der Waals surface area contributed by atoms with Crippen molar-refractivity contribution < 1.29 is 4.79 Å². The van der Waals surface area contributed by atoms with Crippen molar-refractivity contribution in [1.29, 1.82) is 0 Å². The number of amides is 2. The van der Waals surface area contributed by atoms with E-state index in [1.165, 1.54) is 82.7 Å². The third-order valence-corrected chi connectivity index (χ3v) is 8.26. The Morgan fingerprint density at radius 3 is 2.41 bits per heavy atom. The maximum Gasteiger partial charge on any atom is 0.350 e. The van der Waals surface area contributed by atoms with Gasteiger partial charge in [-0.25, -0.2) is 4.79 Å². The molecule has 32 heavy (non-hydrogen) atoms. The molecular formula is C27H40N4O. The van der Waals surface area contributed by atoms with Crippen molar-refractivity contribution >= 4 is 17.6 Å². The van der Waals surface area contributed by atoms with Crippen LogP contribution in [0.2, 0.25) is 0 Å². The third-order valence-electron chi connectivity index (χ3n) is 8.26. The minimum atomic E-state index is -0.305. The fourth-order valence-electron chi connectivity index (χ4n) is 6.33. The van der Waals surface area contributed by atoms with Crippen molar-refractivity contribution in [2.75, 3.05) is 24.5 Å². The second kappa shape index (κ2) is 9.94. The first-order chi connectivity index (χ1) is 15.7. The number of hydrogen-bond donors (Lipinski definition) is 1. The van der Waals surface area contributed by atoms with E-state index < -0.39 is 0 Å². The lowest BCUT2D eigenvalue weighted by atomic mass is 9.83. The molecule has 0 aromatic heterocycles. The first kappa shape index (κ1) is 21.9. The number of anilines is 1. The van der Waals surface area contributed by atoms with E-state index in [1.807, 2.05) is 0 Å². The number of carbonyl (C=O) groups excluding carboxylic acids is 1. The van der Waals surface area contributed by atoms with Crippen LogP contribution in [0.1, 0.15) is 89.0 Å². The maximum atomic E-state index is 13.4. The summed E-state index contributed by atoms with van der Waals surface area (Å²) in [6.45, 7) is 3.30. The molecule has 1 spiro atoms. The quantitative estimate of drug-likeness (QED) is 0.616. The molecule has 1 aromatic rings. The molecule has 6 rings (SSSR count). The number of benzene rings is 1. The smallest absolute Gasteiger partial charge is 0.350 e. The van der Waals surface area contributed by atoms with Crippen molar-refractivity contribution in [3.63, 3.8) is 0 Å². The molecule has 1 saturated heterocycles. The molecule has 5 heteroatoms. The highest BCUT2D eigenvalue weighted by Crippen LogP contribution is 2.39. The molecule has 5 aliphatic rings. The molecule has 1 aromatic carbocycles. The molecule has 2 fully saturated rings. The van der Waals surface area contributed by atoms with E-state index >= 15 is 0 Å². The topological polar surface area (TPSA) is 47.9 Å². The zero-order chi connectivity index (χ0) is 21.8. The molecule has 4 aliphatic heterocycles. The largest absolute Gasteiger partial charge is 0.369 e. The molecule has 5 nitrogen and oxygen atoms in total. The summed E-state index contributed by atoms with van der Waals surface area (Å²) in [4.78, 5) is 22.7. The molecule has 1 aliphatic carbocycles. The summed E-state index contributed by atoms with van der Waals surface area (Å²) in [5, 5.41) is 3.79. The SMILES string of the molecule is O=C1N=C(NC2CCCCC2)C23CCN(CCCCCCCCc4cccc(c4)N12)CC3. The molecule has 174 valence electrons. The Balaban J connectivity index is 1.45. The molecule has 0 unspecified atom stereocenters. The van der Waals surface area contributed by atoms with E-state index in [0.29, 0.717) is 6.04 Å². The van der Waals surface area contributed by atoms with E-state index in [-0.39, 0.29) is 11.6 Å². The number of piperidine rings is 1. The van der Waals surface area contributed by atoms with Crippen LogP contribution in [0.15, 0.2) is 29.3 Å². The zero-order valence-corrected chi connectivity index (χ0v) is 19.7. The summed E-state index contributed by atoms with van der Waals surface area (Å²) >= 11 is 0. The van der Waals surface area contributed by atoms with Gasteiger partial charge in [0, 0.05) is 24.8 Å². The van der Waals surface area contributed by atoms with Gasteiger partial charge in [-0.15, -0.1) is 0 Å². The molecular weight excluding hydrogens is 396 g/mol. The number of hydrogen-bond acceptors (Lipinski definition) is 3. The Labute approximate surface area is 193 Å². The number of carbonyl (C=O) groups is 1. The van der Waals surface area contributed by atoms with Crippen LogP contribution in [-0.4, -0.2) is 48.0 Å². The third kappa shape index (κ3) is 4.59. The van der Waals surface area contributed by atoms with Crippen molar-refractivity contribution in [2.24, 2.45) is 4.99 Å². The second-order valence-corrected chi connectivity index (χ2v) is 10.5. The van der Waals surface area contributed by atoms with Crippen LogP contribution in [0.25, 0.3) is 0 Å². The summed E-state index contributed by atoms with van der Waals surface area (Å²) in [6, 6.07) is 9.14. The fraction of sp³-hybridized carbons (Fsp3) is 0.704. The Hall–Kier alpha value is -1.88. The highest BCUT2D eigenvalue weighted by Gasteiger charge is 2.52. The van der Waals surface area contributed by atoms with Gasteiger partial charge in [-0.1, -0.05) is 57.1 Å². The normalized spacial score (nSPS) is 30.1. The van der Waals surface area contributed by atoms with Crippen molar-refractivity contribution in [1.82, 2.24) is 10.2 Å². The predicted octanol–water partition coefficient (Wildman–Crippen LogP) is 5.68. The molecule has 0 radical (unpaired) electrons. The number of aliphatic imine (C=N–C) groups is 1. The molecule has 0 atom stereocenters. The molecule has 4 heterocycles. The minimum absolute atomic E-state index is 0.0741. The Kier molecular flexibility index (Phi) is 6.82. The maximum absolute atomic E-state index is 13.4. The van der Waals surface area contributed by atoms with E-state index in [0.717, 1.165) is 43.9 Å². The van der Waals surface area contributed by atoms with Gasteiger partial charge in [0.25, 0.3) is 0 Å². The number of nitrogens with one attached hydrogen (secondary N) is 1. The summed E-state index contributed by atoms with van der Waals surface area (Å²) in [7, 11) is 0. The van der Waals surface area contributed by atoms with Gasteiger partial charge < -0.3 is 10.2 Å². The van der Waals surface area contributed by atoms with Gasteiger partial charge in [-0.05, 0) is 69.2 Å². The van der Waals surface area contributed by atoms with Gasteiger partial charge in [0.1, 0.15) is 11.4 Å². The Morgan fingerprint density at radius 2 is 1.59 bits per heavy atom. The average molecular weight is 437 g/mol. The van der Waals surface area contributed by atoms with Crippen molar-refractivity contribution in [3.05, 3.63) is 29.8 Å². The first-order valence-corrected chi connectivity index (χ1v) is 13.3. The van der Waals surface area contributed by atoms with Gasteiger partial charge >= 0.3 is 6.03 Å². The summed E-state index contributed by atoms with van der Waals surface area (Å²) < 4.78 is 0. The van der Waals surface area contributed by atoms with Crippen LogP contribution in [0.4, 0.5) is 10.5 Å². The Morgan fingerprint density at radius 1 is 0.875 bits per heavy atom. The standard InChI is InChI=1S/C27H40N4O/c32-26-29-25(28-23-13-7-5-8-14-23)27-16-19-30(20-17-27)18-9-4-2-1-3-6-11-22-12-10-15-24(21-22)31(26)27/h10,12,15,21,23H,1-9,11,13-14,16-20H2,(H,28,29,32). The highest BCUT2D eigenvalue weighted by molar-refractivity contribution is 6.16. The Bertz CT molecular complexity index is 821. The lowest BCUT2D eigenvalue weighted by Crippen LogP contribution is -2.62. The number of urea groups is 1. The van der Waals surface area contributed by atoms with E-state index in [2.05, 4.69) is 44.4 Å². The summed E-state index contributed by atoms with van der Waals surface area (Å²) in [6.07, 6.45) is 17.2. The molecule has 2 amide bonds. The number of aryl methyl sites for hydroxylation is 1. The zero-order valence-electron chi connectivity index (χ0n) is 19.7. The highest BCUT2D eigenvalue weighted by atomic mass is 16.2. The van der Waals surface area contributed by atoms with Crippen LogP contribution in [0.5, 0.6) is 0 Å². The molecule has 1 N–H and O–H groups in total. The van der Waals surface area contributed by atoms with Gasteiger partial charge in [0.2, 0.25) is 0 Å². The fourth-order valence-corrected chi connectivity index (χ4v) is 6.33. The minimum Gasteiger partial charge on any atom is -0.369 e. The van der Waals surface area contributed by atoms with Crippen molar-refractivity contribution in [2.45, 2.75) is 101 Å². The van der Waals surface area contributed by atoms with Crippen LogP contribution >= 0.6 is 0 Å². The lowest BCUT2D eigenvalue weighted by Gasteiger charge is -2.46. The monoisotopic (exact) mass is 436 g/mol. The van der Waals surface area contributed by atoms with Gasteiger partial charge in [0.05, 0.1) is 0 Å². The number of rotatable bonds is 1. The molecule has 1 saturated carbocycles. The summed E-state index contributed by atoms with van der Waals surface area (Å²) in [5.41, 5.74) is 2.08. The van der Waals surface area contributed by atoms with Crippen LogP contribution in [0.3, 0.4) is 0 Å². The van der Waals surface area contributed by atoms with E-state index in [9.17, 15) is 4.79 Å². The number of amidine groups is 1. The van der Waals surface area contributed by atoms with E-state index in [1.54, 1.807) is 0 Å². The number of fused-ring (bicyclic) bond motifs is 9. The average Bonchev–Trinajstić information content (AvgIpc) is 3.07. The van der Waals surface area contributed by atoms with Gasteiger partial charge in [-0.3, -0.25) is 4.90 Å². The first-order valence-electron chi connectivity index (χ1n) is 13.3. The lowest BCUT2D eigenvalue weighted by molar-refractivity contribution is 0.185. The predicted molar refractivity (Wildman–Crippen MR) is 132 cm³/mol. The van der Waals surface area contributed by atoms with Gasteiger partial charge in [-0.2, -0.15) is 4.99 Å².